The van der Waals surface area contributed by atoms with Crippen LogP contribution in [0.1, 0.15) is 36.9 Å². The fourth-order valence-corrected chi connectivity index (χ4v) is 4.42. The van der Waals surface area contributed by atoms with Gasteiger partial charge in [-0.1, -0.05) is 17.8 Å². The first-order valence-corrected chi connectivity index (χ1v) is 10.4. The second-order valence-corrected chi connectivity index (χ2v) is 8.58. The zero-order valence-electron chi connectivity index (χ0n) is 14.5. The Labute approximate surface area is 163 Å². The largest absolute Gasteiger partial charge is 0.419 e. The number of hydrogen-bond donors (Lipinski definition) is 0. The zero-order valence-corrected chi connectivity index (χ0v) is 16.2. The monoisotopic (exact) mass is 396 g/mol. The molecule has 5 rings (SSSR count). The van der Waals surface area contributed by atoms with Crippen LogP contribution in [-0.2, 0) is 0 Å². The van der Waals surface area contributed by atoms with Crippen LogP contribution in [0, 0.1) is 0 Å². The summed E-state index contributed by atoms with van der Waals surface area (Å²) in [5.41, 5.74) is 1.03. The minimum absolute atomic E-state index is 0.0156. The van der Waals surface area contributed by atoms with E-state index in [1.807, 2.05) is 29.6 Å². The molecule has 1 saturated carbocycles. The zero-order chi connectivity index (χ0) is 18.2. The van der Waals surface area contributed by atoms with Crippen LogP contribution < -0.4 is 0 Å². The molecule has 4 heterocycles. The van der Waals surface area contributed by atoms with Gasteiger partial charge in [-0.15, -0.1) is 31.7 Å². The molecule has 4 aromatic heterocycles. The molecule has 0 bridgehead atoms. The van der Waals surface area contributed by atoms with E-state index >= 15 is 0 Å². The second kappa shape index (κ2) is 6.90. The van der Waals surface area contributed by atoms with Crippen LogP contribution in [0.3, 0.4) is 0 Å². The standard InChI is InChI=1S/C18H16N6OS2/c1-11(16-21-22-17(25-16)14-3-2-10-26-14)27-18-23-20-15(24(18)13-4-5-13)12-6-8-19-9-7-12/h2-3,6-11,13H,4-5H2,1H3/t11-/m0/s1. The van der Waals surface area contributed by atoms with Crippen molar-refractivity contribution in [1.82, 2.24) is 29.9 Å². The quantitative estimate of drug-likeness (QED) is 0.439. The molecule has 7 nitrogen and oxygen atoms in total. The molecule has 4 aromatic rings. The van der Waals surface area contributed by atoms with Gasteiger partial charge in [-0.2, -0.15) is 0 Å². The van der Waals surface area contributed by atoms with Gasteiger partial charge < -0.3 is 4.42 Å². The summed E-state index contributed by atoms with van der Waals surface area (Å²) < 4.78 is 8.10. The number of rotatable bonds is 6. The molecular weight excluding hydrogens is 380 g/mol. The minimum Gasteiger partial charge on any atom is -0.419 e. The molecule has 0 aliphatic heterocycles. The maximum Gasteiger partial charge on any atom is 0.257 e. The molecule has 0 amide bonds. The molecule has 1 aliphatic carbocycles. The average Bonchev–Trinajstić information content (AvgIpc) is 3.11. The van der Waals surface area contributed by atoms with E-state index in [-0.39, 0.29) is 5.25 Å². The summed E-state index contributed by atoms with van der Waals surface area (Å²) in [6.45, 7) is 2.05. The molecular formula is C18H16N6OS2. The van der Waals surface area contributed by atoms with E-state index in [4.69, 9.17) is 4.42 Å². The Kier molecular flexibility index (Phi) is 4.25. The van der Waals surface area contributed by atoms with Gasteiger partial charge in [0.25, 0.3) is 5.89 Å². The fourth-order valence-electron chi connectivity index (χ4n) is 2.82. The molecule has 27 heavy (non-hydrogen) atoms. The smallest absolute Gasteiger partial charge is 0.257 e. The summed E-state index contributed by atoms with van der Waals surface area (Å²) in [5.74, 6) is 2.05. The highest BCUT2D eigenvalue weighted by atomic mass is 32.2. The van der Waals surface area contributed by atoms with Crippen molar-refractivity contribution in [3.05, 3.63) is 47.9 Å². The van der Waals surface area contributed by atoms with E-state index in [0.29, 0.717) is 17.8 Å². The summed E-state index contributed by atoms with van der Waals surface area (Å²) in [5, 5.41) is 20.1. The van der Waals surface area contributed by atoms with Crippen LogP contribution >= 0.6 is 23.1 Å². The highest BCUT2D eigenvalue weighted by Gasteiger charge is 2.31. The SMILES string of the molecule is C[C@H](Sc1nnc(-c2ccncc2)n1C1CC1)c1nnc(-c2cccs2)o1. The van der Waals surface area contributed by atoms with Gasteiger partial charge in [0.15, 0.2) is 11.0 Å². The summed E-state index contributed by atoms with van der Waals surface area (Å²) in [6.07, 6.45) is 5.87. The lowest BCUT2D eigenvalue weighted by molar-refractivity contribution is 0.509. The molecule has 0 N–H and O–H groups in total. The Morgan fingerprint density at radius 1 is 1.15 bits per heavy atom. The topological polar surface area (TPSA) is 82.5 Å². The Bertz CT molecular complexity index is 1040. The number of hydrogen-bond acceptors (Lipinski definition) is 8. The summed E-state index contributed by atoms with van der Waals surface area (Å²) >= 11 is 3.18. The summed E-state index contributed by atoms with van der Waals surface area (Å²) in [4.78, 5) is 5.07. The minimum atomic E-state index is -0.0156. The summed E-state index contributed by atoms with van der Waals surface area (Å²) in [6, 6.07) is 8.34. The third-order valence-corrected chi connectivity index (χ3v) is 6.22. The van der Waals surface area contributed by atoms with Crippen LogP contribution in [0.4, 0.5) is 0 Å². The van der Waals surface area contributed by atoms with Gasteiger partial charge in [-0.05, 0) is 43.3 Å². The van der Waals surface area contributed by atoms with Gasteiger partial charge in [0.1, 0.15) is 0 Å². The predicted octanol–water partition coefficient (Wildman–Crippen LogP) is 4.64. The molecule has 9 heteroatoms. The van der Waals surface area contributed by atoms with Gasteiger partial charge in [-0.25, -0.2) is 0 Å². The molecule has 0 spiro atoms. The third-order valence-electron chi connectivity index (χ3n) is 4.32. The van der Waals surface area contributed by atoms with Crippen LogP contribution in [0.15, 0.2) is 51.6 Å². The van der Waals surface area contributed by atoms with Crippen molar-refractivity contribution in [3.63, 3.8) is 0 Å². The van der Waals surface area contributed by atoms with Crippen LogP contribution in [-0.4, -0.2) is 29.9 Å². The van der Waals surface area contributed by atoms with Crippen molar-refractivity contribution in [2.45, 2.75) is 36.2 Å². The highest BCUT2D eigenvalue weighted by molar-refractivity contribution is 7.99. The molecule has 1 fully saturated rings. The lowest BCUT2D eigenvalue weighted by Crippen LogP contribution is -2.01. The van der Waals surface area contributed by atoms with Crippen LogP contribution in [0.5, 0.6) is 0 Å². The Morgan fingerprint density at radius 3 is 2.74 bits per heavy atom. The number of thioether (sulfide) groups is 1. The van der Waals surface area contributed by atoms with Gasteiger partial charge >= 0.3 is 0 Å². The highest BCUT2D eigenvalue weighted by Crippen LogP contribution is 2.43. The number of pyridine rings is 1. The van der Waals surface area contributed by atoms with E-state index in [2.05, 4.69) is 36.9 Å². The first-order chi connectivity index (χ1) is 13.3. The maximum atomic E-state index is 5.87. The van der Waals surface area contributed by atoms with Gasteiger partial charge in [-0.3, -0.25) is 9.55 Å². The lowest BCUT2D eigenvalue weighted by Gasteiger charge is -2.10. The van der Waals surface area contributed by atoms with Crippen molar-refractivity contribution >= 4 is 23.1 Å². The Morgan fingerprint density at radius 2 is 2.00 bits per heavy atom. The first kappa shape index (κ1) is 16.6. The van der Waals surface area contributed by atoms with Crippen molar-refractivity contribution < 1.29 is 4.42 Å². The average molecular weight is 397 g/mol. The lowest BCUT2D eigenvalue weighted by atomic mass is 10.2. The van der Waals surface area contributed by atoms with Crippen LogP contribution in [0.2, 0.25) is 0 Å². The van der Waals surface area contributed by atoms with E-state index in [1.165, 1.54) is 0 Å². The Balaban J connectivity index is 1.42. The van der Waals surface area contributed by atoms with Crippen molar-refractivity contribution in [3.8, 4) is 22.2 Å². The van der Waals surface area contributed by atoms with Crippen LogP contribution in [0.25, 0.3) is 22.2 Å². The van der Waals surface area contributed by atoms with Gasteiger partial charge in [0.05, 0.1) is 10.1 Å². The second-order valence-electron chi connectivity index (χ2n) is 6.33. The Hall–Kier alpha value is -2.52. The number of aromatic nitrogens is 6. The number of thiophene rings is 1. The molecule has 1 atom stereocenters. The van der Waals surface area contributed by atoms with Crippen molar-refractivity contribution in [2.75, 3.05) is 0 Å². The molecule has 1 aliphatic rings. The maximum absolute atomic E-state index is 5.87. The van der Waals surface area contributed by atoms with E-state index in [1.54, 1.807) is 35.5 Å². The molecule has 0 unspecified atom stereocenters. The normalized spacial score (nSPS) is 15.1. The summed E-state index contributed by atoms with van der Waals surface area (Å²) in [7, 11) is 0. The third kappa shape index (κ3) is 3.28. The molecule has 0 aromatic carbocycles. The fraction of sp³-hybridized carbons (Fsp3) is 0.278. The van der Waals surface area contributed by atoms with Crippen molar-refractivity contribution in [1.29, 1.82) is 0 Å². The van der Waals surface area contributed by atoms with E-state index < -0.39 is 0 Å². The van der Waals surface area contributed by atoms with E-state index in [9.17, 15) is 0 Å². The first-order valence-electron chi connectivity index (χ1n) is 8.69. The van der Waals surface area contributed by atoms with Gasteiger partial charge in [0, 0.05) is 24.0 Å². The van der Waals surface area contributed by atoms with E-state index in [0.717, 1.165) is 34.3 Å². The molecule has 0 radical (unpaired) electrons. The van der Waals surface area contributed by atoms with Gasteiger partial charge in [0.2, 0.25) is 5.89 Å². The van der Waals surface area contributed by atoms with Crippen molar-refractivity contribution in [2.24, 2.45) is 0 Å². The predicted molar refractivity (Wildman–Crippen MR) is 103 cm³/mol. The number of nitrogens with zero attached hydrogens (tertiary/aromatic N) is 6. The molecule has 136 valence electrons. The molecule has 0 saturated heterocycles.